The number of carbonyl (C=O) groups excluding carboxylic acids is 1. The SMILES string of the molecule is CC[C@H](NC(=O)[C@@H]1C[C@@H](Oc2cc(-c3ccccc3)nc3ccccc23)CN1)B1O[C@@H]2C[C@H]3C[C@H](C3(C)C)[C@]2(C)O1. The third kappa shape index (κ3) is 4.55. The lowest BCUT2D eigenvalue weighted by Gasteiger charge is -2.64. The summed E-state index contributed by atoms with van der Waals surface area (Å²) in [7, 11) is -0.415. The summed E-state index contributed by atoms with van der Waals surface area (Å²) in [5.41, 5.74) is 2.82. The van der Waals surface area contributed by atoms with Crippen LogP contribution >= 0.6 is 0 Å². The van der Waals surface area contributed by atoms with E-state index in [2.05, 4.69) is 50.5 Å². The lowest BCUT2D eigenvalue weighted by molar-refractivity contribution is -0.199. The van der Waals surface area contributed by atoms with E-state index in [9.17, 15) is 4.79 Å². The monoisotopic (exact) mass is 553 g/mol. The molecule has 2 aromatic carbocycles. The highest BCUT2D eigenvalue weighted by Gasteiger charge is 2.68. The zero-order valence-corrected chi connectivity index (χ0v) is 24.4. The van der Waals surface area contributed by atoms with E-state index in [1.165, 1.54) is 6.42 Å². The predicted molar refractivity (Wildman–Crippen MR) is 160 cm³/mol. The Morgan fingerprint density at radius 3 is 2.68 bits per heavy atom. The van der Waals surface area contributed by atoms with Gasteiger partial charge in [-0.3, -0.25) is 4.79 Å². The Kier molecular flexibility index (Phi) is 6.64. The van der Waals surface area contributed by atoms with Crippen molar-refractivity contribution in [2.75, 3.05) is 6.54 Å². The molecule has 7 atom stereocenters. The topological polar surface area (TPSA) is 81.7 Å². The molecular weight excluding hydrogens is 513 g/mol. The van der Waals surface area contributed by atoms with Gasteiger partial charge in [0, 0.05) is 30.0 Å². The lowest BCUT2D eigenvalue weighted by Crippen LogP contribution is -2.65. The van der Waals surface area contributed by atoms with Crippen molar-refractivity contribution in [1.82, 2.24) is 15.6 Å². The summed E-state index contributed by atoms with van der Waals surface area (Å²) in [6, 6.07) is 19.9. The summed E-state index contributed by atoms with van der Waals surface area (Å²) < 4.78 is 19.7. The minimum Gasteiger partial charge on any atom is -0.488 e. The van der Waals surface area contributed by atoms with Crippen molar-refractivity contribution in [2.45, 2.75) is 83.2 Å². The van der Waals surface area contributed by atoms with Gasteiger partial charge in [0.1, 0.15) is 11.9 Å². The highest BCUT2D eigenvalue weighted by atomic mass is 16.7. The molecule has 8 rings (SSSR count). The van der Waals surface area contributed by atoms with Crippen molar-refractivity contribution in [3.8, 4) is 17.0 Å². The molecule has 0 unspecified atom stereocenters. The average Bonchev–Trinajstić information content (AvgIpc) is 3.60. The molecule has 3 saturated carbocycles. The van der Waals surface area contributed by atoms with Gasteiger partial charge in [0.05, 0.1) is 34.9 Å². The van der Waals surface area contributed by atoms with Crippen LogP contribution in [0.15, 0.2) is 60.7 Å². The molecule has 2 saturated heterocycles. The molecule has 2 N–H and O–H groups in total. The number of benzene rings is 2. The second kappa shape index (κ2) is 10.1. The summed E-state index contributed by atoms with van der Waals surface area (Å²) in [5, 5.41) is 7.61. The Bertz CT molecular complexity index is 1450. The molecule has 3 aromatic rings. The number of amides is 1. The lowest BCUT2D eigenvalue weighted by atomic mass is 9.43. The number of ether oxygens (including phenoxy) is 1. The van der Waals surface area contributed by atoms with Gasteiger partial charge in [0.2, 0.25) is 5.91 Å². The summed E-state index contributed by atoms with van der Waals surface area (Å²) in [6.45, 7) is 9.63. The average molecular weight is 554 g/mol. The molecular formula is C33H40BN3O4. The summed E-state index contributed by atoms with van der Waals surface area (Å²) >= 11 is 0. The van der Waals surface area contributed by atoms with Crippen LogP contribution in [0, 0.1) is 17.3 Å². The molecule has 7 nitrogen and oxygen atoms in total. The molecule has 214 valence electrons. The van der Waals surface area contributed by atoms with E-state index in [-0.39, 0.29) is 35.7 Å². The first kappa shape index (κ1) is 26.9. The van der Waals surface area contributed by atoms with E-state index in [0.717, 1.165) is 40.8 Å². The third-order valence-electron chi connectivity index (χ3n) is 10.5. The molecule has 3 heterocycles. The minimum atomic E-state index is -0.415. The highest BCUT2D eigenvalue weighted by Crippen LogP contribution is 2.65. The number of rotatable bonds is 7. The maximum Gasteiger partial charge on any atom is 0.481 e. The third-order valence-corrected chi connectivity index (χ3v) is 10.5. The van der Waals surface area contributed by atoms with Crippen molar-refractivity contribution in [3.63, 3.8) is 0 Å². The smallest absolute Gasteiger partial charge is 0.481 e. The molecule has 0 spiro atoms. The van der Waals surface area contributed by atoms with Gasteiger partial charge in [-0.15, -0.1) is 0 Å². The Balaban J connectivity index is 1.02. The first-order valence-corrected chi connectivity index (χ1v) is 15.2. The van der Waals surface area contributed by atoms with Crippen LogP contribution < -0.4 is 15.4 Å². The highest BCUT2D eigenvalue weighted by molar-refractivity contribution is 6.47. The van der Waals surface area contributed by atoms with Crippen molar-refractivity contribution in [2.24, 2.45) is 17.3 Å². The van der Waals surface area contributed by atoms with Gasteiger partial charge >= 0.3 is 7.12 Å². The van der Waals surface area contributed by atoms with Crippen molar-refractivity contribution in [3.05, 3.63) is 60.7 Å². The molecule has 5 aliphatic rings. The van der Waals surface area contributed by atoms with Gasteiger partial charge in [0.15, 0.2) is 0 Å². The van der Waals surface area contributed by atoms with Crippen LogP contribution in [0.1, 0.15) is 53.4 Å². The van der Waals surface area contributed by atoms with Crippen molar-refractivity contribution in [1.29, 1.82) is 0 Å². The molecule has 41 heavy (non-hydrogen) atoms. The normalized spacial score (nSPS) is 32.3. The molecule has 1 amide bonds. The zero-order valence-electron chi connectivity index (χ0n) is 24.4. The standard InChI is InChI=1S/C33H40BN3O4/c1-5-30(34-40-29-16-21-15-28(32(21,2)3)33(29,4)41-34)37-31(38)26-17-22(19-35-26)39-27-18-25(20-11-7-6-8-12-20)36-24-14-10-9-13-23(24)27/h6-14,18,21-22,26,28-30,35H,5,15-17,19H2,1-4H3,(H,37,38)/t21-,22-,26+,28-,29-,30+,33+/m1/s1. The maximum atomic E-state index is 13.4. The van der Waals surface area contributed by atoms with E-state index in [4.69, 9.17) is 19.0 Å². The van der Waals surface area contributed by atoms with Crippen LogP contribution in [0.5, 0.6) is 5.75 Å². The van der Waals surface area contributed by atoms with E-state index in [1.54, 1.807) is 0 Å². The van der Waals surface area contributed by atoms with Crippen LogP contribution in [-0.2, 0) is 14.1 Å². The largest absolute Gasteiger partial charge is 0.488 e. The first-order chi connectivity index (χ1) is 19.8. The number of nitrogens with zero attached hydrogens (tertiary/aromatic N) is 1. The van der Waals surface area contributed by atoms with Gasteiger partial charge in [0.25, 0.3) is 0 Å². The number of hydrogen-bond acceptors (Lipinski definition) is 6. The second-order valence-corrected chi connectivity index (χ2v) is 13.2. The van der Waals surface area contributed by atoms with Crippen LogP contribution in [-0.4, -0.2) is 54.3 Å². The van der Waals surface area contributed by atoms with E-state index in [0.29, 0.717) is 30.2 Å². The van der Waals surface area contributed by atoms with E-state index >= 15 is 0 Å². The van der Waals surface area contributed by atoms with Gasteiger partial charge in [-0.2, -0.15) is 0 Å². The Morgan fingerprint density at radius 2 is 1.90 bits per heavy atom. The number of para-hydroxylation sites is 1. The number of aromatic nitrogens is 1. The van der Waals surface area contributed by atoms with Crippen LogP contribution in [0.25, 0.3) is 22.2 Å². The summed E-state index contributed by atoms with van der Waals surface area (Å²) in [6.07, 6.45) is 3.56. The minimum absolute atomic E-state index is 0.0237. The first-order valence-electron chi connectivity index (χ1n) is 15.2. The Labute approximate surface area is 242 Å². The Morgan fingerprint density at radius 1 is 1.12 bits per heavy atom. The van der Waals surface area contributed by atoms with Gasteiger partial charge in [-0.1, -0.05) is 63.2 Å². The van der Waals surface area contributed by atoms with Crippen molar-refractivity contribution >= 4 is 23.9 Å². The fraction of sp³-hybridized carbons (Fsp3) is 0.515. The van der Waals surface area contributed by atoms with Crippen LogP contribution in [0.4, 0.5) is 0 Å². The number of hydrogen-bond donors (Lipinski definition) is 2. The van der Waals surface area contributed by atoms with Gasteiger partial charge in [-0.05, 0) is 55.6 Å². The number of carbonyl (C=O) groups is 1. The molecule has 5 fully saturated rings. The van der Waals surface area contributed by atoms with Gasteiger partial charge < -0.3 is 24.7 Å². The fourth-order valence-electron chi connectivity index (χ4n) is 7.89. The number of fused-ring (bicyclic) bond motifs is 1. The second-order valence-electron chi connectivity index (χ2n) is 13.2. The van der Waals surface area contributed by atoms with Crippen LogP contribution in [0.2, 0.25) is 0 Å². The predicted octanol–water partition coefficient (Wildman–Crippen LogP) is 5.17. The summed E-state index contributed by atoms with van der Waals surface area (Å²) in [4.78, 5) is 18.3. The molecule has 8 heteroatoms. The zero-order chi connectivity index (χ0) is 28.4. The van der Waals surface area contributed by atoms with Gasteiger partial charge in [-0.25, -0.2) is 4.98 Å². The van der Waals surface area contributed by atoms with Crippen LogP contribution in [0.3, 0.4) is 0 Å². The maximum absolute atomic E-state index is 13.4. The summed E-state index contributed by atoms with van der Waals surface area (Å²) in [5.74, 6) is 1.77. The number of nitrogens with one attached hydrogen (secondary N) is 2. The molecule has 2 aliphatic heterocycles. The molecule has 1 aromatic heterocycles. The van der Waals surface area contributed by atoms with E-state index < -0.39 is 7.12 Å². The molecule has 2 bridgehead atoms. The van der Waals surface area contributed by atoms with E-state index in [1.807, 2.05) is 48.5 Å². The number of pyridine rings is 1. The quantitative estimate of drug-likeness (QED) is 0.393. The fourth-order valence-corrected chi connectivity index (χ4v) is 7.89. The Hall–Kier alpha value is -2.94. The molecule has 0 radical (unpaired) electrons. The van der Waals surface area contributed by atoms with Crippen molar-refractivity contribution < 1.29 is 18.8 Å². The molecule has 3 aliphatic carbocycles.